The highest BCUT2D eigenvalue weighted by Gasteiger charge is 2.37. The van der Waals surface area contributed by atoms with Gasteiger partial charge < -0.3 is 14.6 Å². The van der Waals surface area contributed by atoms with E-state index in [1.54, 1.807) is 26.2 Å². The predicted molar refractivity (Wildman–Crippen MR) is 85.9 cm³/mol. The Balaban J connectivity index is 1.40. The van der Waals surface area contributed by atoms with Crippen molar-refractivity contribution < 1.29 is 14.0 Å². The SMILES string of the molecule is CN(C)C(=O)c1ccc(CNC(=O)CCN2C[C@@H]3CC[C@H]2C3)o1. The first-order chi connectivity index (χ1) is 11.0. The first-order valence-electron chi connectivity index (χ1n) is 8.34. The summed E-state index contributed by atoms with van der Waals surface area (Å²) in [5.74, 6) is 1.62. The van der Waals surface area contributed by atoms with Crippen LogP contribution in [0.4, 0.5) is 0 Å². The van der Waals surface area contributed by atoms with E-state index in [0.29, 0.717) is 30.5 Å². The average molecular weight is 319 g/mol. The van der Waals surface area contributed by atoms with Gasteiger partial charge in [0.15, 0.2) is 5.76 Å². The molecule has 0 unspecified atom stereocenters. The molecule has 2 atom stereocenters. The van der Waals surface area contributed by atoms with Crippen LogP contribution in [0.15, 0.2) is 16.5 Å². The summed E-state index contributed by atoms with van der Waals surface area (Å²) in [6.45, 7) is 2.33. The molecule has 1 N–H and O–H groups in total. The molecule has 1 aliphatic carbocycles. The minimum Gasteiger partial charge on any atom is -0.454 e. The van der Waals surface area contributed by atoms with Gasteiger partial charge in [0.1, 0.15) is 5.76 Å². The Labute approximate surface area is 136 Å². The van der Waals surface area contributed by atoms with E-state index in [2.05, 4.69) is 10.2 Å². The van der Waals surface area contributed by atoms with Gasteiger partial charge in [0.2, 0.25) is 5.91 Å². The summed E-state index contributed by atoms with van der Waals surface area (Å²) in [7, 11) is 3.36. The summed E-state index contributed by atoms with van der Waals surface area (Å²) in [4.78, 5) is 27.6. The highest BCUT2D eigenvalue weighted by Crippen LogP contribution is 2.37. The number of piperidine rings is 1. The second-order valence-corrected chi connectivity index (χ2v) is 6.82. The molecule has 0 radical (unpaired) electrons. The summed E-state index contributed by atoms with van der Waals surface area (Å²) in [5, 5.41) is 2.86. The van der Waals surface area contributed by atoms with Gasteiger partial charge in [-0.2, -0.15) is 0 Å². The first-order valence-corrected chi connectivity index (χ1v) is 8.34. The Morgan fingerprint density at radius 3 is 2.83 bits per heavy atom. The maximum absolute atomic E-state index is 12.0. The monoisotopic (exact) mass is 319 g/mol. The summed E-state index contributed by atoms with van der Waals surface area (Å²) in [6.07, 6.45) is 4.49. The van der Waals surface area contributed by atoms with Gasteiger partial charge in [-0.05, 0) is 37.3 Å². The molecule has 2 heterocycles. The summed E-state index contributed by atoms with van der Waals surface area (Å²) < 4.78 is 5.46. The zero-order valence-electron chi connectivity index (χ0n) is 13.9. The number of nitrogens with zero attached hydrogens (tertiary/aromatic N) is 2. The van der Waals surface area contributed by atoms with Crippen molar-refractivity contribution >= 4 is 11.8 Å². The number of carbonyl (C=O) groups excluding carboxylic acids is 2. The Kier molecular flexibility index (Phi) is 4.71. The van der Waals surface area contributed by atoms with Crippen LogP contribution in [0.2, 0.25) is 0 Å². The molecule has 2 amide bonds. The Morgan fingerprint density at radius 2 is 2.17 bits per heavy atom. The van der Waals surface area contributed by atoms with Crippen LogP contribution in [0.5, 0.6) is 0 Å². The molecular weight excluding hydrogens is 294 g/mol. The smallest absolute Gasteiger partial charge is 0.289 e. The van der Waals surface area contributed by atoms with Crippen molar-refractivity contribution in [2.45, 2.75) is 38.3 Å². The quantitative estimate of drug-likeness (QED) is 0.862. The number of likely N-dealkylation sites (tertiary alicyclic amines) is 1. The number of furan rings is 1. The van der Waals surface area contributed by atoms with Crippen LogP contribution in [-0.4, -0.2) is 54.8 Å². The highest BCUT2D eigenvalue weighted by atomic mass is 16.4. The summed E-state index contributed by atoms with van der Waals surface area (Å²) in [5.41, 5.74) is 0. The van der Waals surface area contributed by atoms with Crippen LogP contribution in [0.1, 0.15) is 42.0 Å². The van der Waals surface area contributed by atoms with Crippen LogP contribution in [-0.2, 0) is 11.3 Å². The van der Waals surface area contributed by atoms with E-state index in [1.165, 1.54) is 24.2 Å². The largest absolute Gasteiger partial charge is 0.454 e. The van der Waals surface area contributed by atoms with Crippen molar-refractivity contribution in [2.75, 3.05) is 27.2 Å². The van der Waals surface area contributed by atoms with E-state index >= 15 is 0 Å². The van der Waals surface area contributed by atoms with E-state index < -0.39 is 0 Å². The van der Waals surface area contributed by atoms with Crippen molar-refractivity contribution in [1.29, 1.82) is 0 Å². The number of amides is 2. The second-order valence-electron chi connectivity index (χ2n) is 6.82. The van der Waals surface area contributed by atoms with Crippen LogP contribution in [0.25, 0.3) is 0 Å². The molecule has 0 aromatic carbocycles. The molecule has 1 aliphatic heterocycles. The van der Waals surface area contributed by atoms with Crippen molar-refractivity contribution in [2.24, 2.45) is 5.92 Å². The van der Waals surface area contributed by atoms with E-state index in [1.807, 2.05) is 0 Å². The van der Waals surface area contributed by atoms with Crippen LogP contribution in [0.3, 0.4) is 0 Å². The predicted octanol–water partition coefficient (Wildman–Crippen LogP) is 1.47. The molecule has 23 heavy (non-hydrogen) atoms. The fourth-order valence-corrected chi connectivity index (χ4v) is 3.63. The normalized spacial score (nSPS) is 23.2. The summed E-state index contributed by atoms with van der Waals surface area (Å²) >= 11 is 0. The fraction of sp³-hybridized carbons (Fsp3) is 0.647. The molecule has 2 fully saturated rings. The van der Waals surface area contributed by atoms with Gasteiger partial charge in [-0.3, -0.25) is 14.5 Å². The number of hydrogen-bond donors (Lipinski definition) is 1. The first kappa shape index (κ1) is 16.1. The topological polar surface area (TPSA) is 65.8 Å². The van der Waals surface area contributed by atoms with Gasteiger partial charge >= 0.3 is 0 Å². The number of hydrogen-bond acceptors (Lipinski definition) is 4. The second kappa shape index (κ2) is 6.74. The molecule has 2 bridgehead atoms. The molecule has 3 rings (SSSR count). The van der Waals surface area contributed by atoms with E-state index in [4.69, 9.17) is 4.42 Å². The number of carbonyl (C=O) groups is 2. The van der Waals surface area contributed by atoms with Crippen LogP contribution < -0.4 is 5.32 Å². The zero-order chi connectivity index (χ0) is 16.4. The lowest BCUT2D eigenvalue weighted by atomic mass is 10.1. The maximum Gasteiger partial charge on any atom is 0.289 e. The summed E-state index contributed by atoms with van der Waals surface area (Å²) in [6, 6.07) is 4.08. The molecule has 1 saturated carbocycles. The van der Waals surface area contributed by atoms with Gasteiger partial charge in [-0.15, -0.1) is 0 Å². The number of fused-ring (bicyclic) bond motifs is 2. The lowest BCUT2D eigenvalue weighted by Gasteiger charge is -2.26. The molecule has 1 aromatic rings. The van der Waals surface area contributed by atoms with Crippen molar-refractivity contribution in [3.05, 3.63) is 23.7 Å². The average Bonchev–Trinajstić information content (AvgIpc) is 3.25. The molecule has 1 aromatic heterocycles. The van der Waals surface area contributed by atoms with Gasteiger partial charge in [-0.1, -0.05) is 0 Å². The molecule has 6 heteroatoms. The lowest BCUT2D eigenvalue weighted by molar-refractivity contribution is -0.121. The van der Waals surface area contributed by atoms with Crippen molar-refractivity contribution in [3.63, 3.8) is 0 Å². The number of nitrogens with one attached hydrogen (secondary N) is 1. The third-order valence-electron chi connectivity index (χ3n) is 4.89. The molecule has 6 nitrogen and oxygen atoms in total. The molecule has 0 spiro atoms. The standard InChI is InChI=1S/C17H25N3O3/c1-19(2)17(22)15-6-5-14(23-15)10-18-16(21)7-8-20-11-12-3-4-13(20)9-12/h5-6,12-13H,3-4,7-11H2,1-2H3,(H,18,21)/t12-,13+/m1/s1. The molecular formula is C17H25N3O3. The van der Waals surface area contributed by atoms with Gasteiger partial charge in [0.25, 0.3) is 5.91 Å². The van der Waals surface area contributed by atoms with E-state index in [-0.39, 0.29) is 11.8 Å². The Bertz CT molecular complexity index is 581. The van der Waals surface area contributed by atoms with Crippen LogP contribution >= 0.6 is 0 Å². The zero-order valence-corrected chi connectivity index (χ0v) is 13.9. The number of rotatable bonds is 6. The highest BCUT2D eigenvalue weighted by molar-refractivity contribution is 5.91. The third kappa shape index (κ3) is 3.75. The van der Waals surface area contributed by atoms with E-state index in [9.17, 15) is 9.59 Å². The molecule has 2 aliphatic rings. The van der Waals surface area contributed by atoms with Crippen LogP contribution in [0, 0.1) is 5.92 Å². The van der Waals surface area contributed by atoms with Crippen molar-refractivity contribution in [1.82, 2.24) is 15.1 Å². The minimum atomic E-state index is -0.174. The fourth-order valence-electron chi connectivity index (χ4n) is 3.63. The minimum absolute atomic E-state index is 0.0321. The van der Waals surface area contributed by atoms with Gasteiger partial charge in [-0.25, -0.2) is 0 Å². The Morgan fingerprint density at radius 1 is 1.35 bits per heavy atom. The molecule has 126 valence electrons. The Hall–Kier alpha value is -1.82. The molecule has 1 saturated heterocycles. The van der Waals surface area contributed by atoms with E-state index in [0.717, 1.165) is 19.0 Å². The third-order valence-corrected chi connectivity index (χ3v) is 4.89. The maximum atomic E-state index is 12.0. The lowest BCUT2D eigenvalue weighted by Crippen LogP contribution is -2.35. The van der Waals surface area contributed by atoms with Gasteiger partial charge in [0, 0.05) is 39.6 Å². The van der Waals surface area contributed by atoms with Crippen molar-refractivity contribution in [3.8, 4) is 0 Å². The van der Waals surface area contributed by atoms with Gasteiger partial charge in [0.05, 0.1) is 6.54 Å².